The molecule has 0 radical (unpaired) electrons. The standard InChI is InChI=1S/C11H10BrClN2O2S2/c12-9-5-8(2-3-10(9)14)19(16,17)15-6-7-1-4-11(13)18-7/h1-5,15H,6,14H2. The maximum absolute atomic E-state index is 12.1. The summed E-state index contributed by atoms with van der Waals surface area (Å²) in [4.78, 5) is 1.01. The van der Waals surface area contributed by atoms with Crippen molar-refractivity contribution in [2.24, 2.45) is 0 Å². The zero-order valence-corrected chi connectivity index (χ0v) is 13.5. The molecule has 1 aromatic carbocycles. The number of sulfonamides is 1. The maximum atomic E-state index is 12.1. The van der Waals surface area contributed by atoms with E-state index in [1.165, 1.54) is 23.5 Å². The Balaban J connectivity index is 2.16. The molecule has 0 bridgehead atoms. The summed E-state index contributed by atoms with van der Waals surface area (Å²) >= 11 is 10.3. The van der Waals surface area contributed by atoms with Gasteiger partial charge >= 0.3 is 0 Å². The van der Waals surface area contributed by atoms with Crippen LogP contribution in [0.5, 0.6) is 0 Å². The van der Waals surface area contributed by atoms with Gasteiger partial charge in [0, 0.05) is 21.6 Å². The predicted molar refractivity (Wildman–Crippen MR) is 81.9 cm³/mol. The summed E-state index contributed by atoms with van der Waals surface area (Å²) < 4.78 is 27.8. The largest absolute Gasteiger partial charge is 0.398 e. The quantitative estimate of drug-likeness (QED) is 0.799. The molecule has 102 valence electrons. The number of thiophene rings is 1. The highest BCUT2D eigenvalue weighted by molar-refractivity contribution is 9.10. The summed E-state index contributed by atoms with van der Waals surface area (Å²) in [6.45, 7) is 0.210. The van der Waals surface area contributed by atoms with Gasteiger partial charge in [-0.05, 0) is 46.3 Å². The van der Waals surface area contributed by atoms with Crippen LogP contribution in [-0.2, 0) is 16.6 Å². The summed E-state index contributed by atoms with van der Waals surface area (Å²) in [6, 6.07) is 7.99. The minimum Gasteiger partial charge on any atom is -0.398 e. The smallest absolute Gasteiger partial charge is 0.240 e. The van der Waals surface area contributed by atoms with E-state index in [9.17, 15) is 8.42 Å². The van der Waals surface area contributed by atoms with Crippen molar-refractivity contribution in [1.82, 2.24) is 4.72 Å². The van der Waals surface area contributed by atoms with Crippen LogP contribution in [0.15, 0.2) is 39.7 Å². The Labute approximate surface area is 128 Å². The molecule has 1 heterocycles. The Morgan fingerprint density at radius 3 is 2.63 bits per heavy atom. The first-order valence-electron chi connectivity index (χ1n) is 5.17. The third-order valence-electron chi connectivity index (χ3n) is 2.35. The van der Waals surface area contributed by atoms with E-state index in [-0.39, 0.29) is 11.4 Å². The fraction of sp³-hybridized carbons (Fsp3) is 0.0909. The Bertz CT molecular complexity index is 700. The molecular formula is C11H10BrClN2O2S2. The van der Waals surface area contributed by atoms with Crippen molar-refractivity contribution in [3.63, 3.8) is 0 Å². The molecule has 3 N–H and O–H groups in total. The Hall–Kier alpha value is -0.600. The van der Waals surface area contributed by atoms with Gasteiger partial charge in [0.25, 0.3) is 0 Å². The first-order valence-corrected chi connectivity index (χ1v) is 8.64. The molecule has 1 aromatic heterocycles. The van der Waals surface area contributed by atoms with Gasteiger partial charge in [-0.2, -0.15) is 0 Å². The minimum atomic E-state index is -3.56. The summed E-state index contributed by atoms with van der Waals surface area (Å²) in [6.07, 6.45) is 0. The third kappa shape index (κ3) is 3.70. The Kier molecular flexibility index (Phi) is 4.52. The van der Waals surface area contributed by atoms with Crippen LogP contribution in [-0.4, -0.2) is 8.42 Å². The molecule has 0 aliphatic rings. The SMILES string of the molecule is Nc1ccc(S(=O)(=O)NCc2ccc(Cl)s2)cc1Br. The summed E-state index contributed by atoms with van der Waals surface area (Å²) in [5.74, 6) is 0. The van der Waals surface area contributed by atoms with E-state index >= 15 is 0 Å². The highest BCUT2D eigenvalue weighted by atomic mass is 79.9. The van der Waals surface area contributed by atoms with E-state index < -0.39 is 10.0 Å². The third-order valence-corrected chi connectivity index (χ3v) is 5.66. The molecule has 0 spiro atoms. The first kappa shape index (κ1) is 14.8. The second kappa shape index (κ2) is 5.80. The van der Waals surface area contributed by atoms with Gasteiger partial charge in [0.15, 0.2) is 0 Å². The Morgan fingerprint density at radius 2 is 2.05 bits per heavy atom. The molecule has 4 nitrogen and oxygen atoms in total. The second-order valence-corrected chi connectivity index (χ2v) is 8.13. The predicted octanol–water partition coefficient (Wildman–Crippen LogP) is 3.22. The zero-order chi connectivity index (χ0) is 14.0. The van der Waals surface area contributed by atoms with Crippen molar-refractivity contribution in [1.29, 1.82) is 0 Å². The van der Waals surface area contributed by atoms with Gasteiger partial charge < -0.3 is 5.73 Å². The molecule has 19 heavy (non-hydrogen) atoms. The van der Waals surface area contributed by atoms with Crippen molar-refractivity contribution in [3.8, 4) is 0 Å². The van der Waals surface area contributed by atoms with E-state index in [0.29, 0.717) is 14.5 Å². The van der Waals surface area contributed by atoms with E-state index in [1.807, 2.05) is 0 Å². The zero-order valence-electron chi connectivity index (χ0n) is 9.56. The van der Waals surface area contributed by atoms with E-state index in [0.717, 1.165) is 4.88 Å². The molecule has 0 saturated heterocycles. The first-order chi connectivity index (χ1) is 8.88. The number of nitrogens with two attached hydrogens (primary N) is 1. The van der Waals surface area contributed by atoms with Crippen LogP contribution in [0.25, 0.3) is 0 Å². The van der Waals surface area contributed by atoms with Crippen molar-refractivity contribution < 1.29 is 8.42 Å². The lowest BCUT2D eigenvalue weighted by Crippen LogP contribution is -2.22. The summed E-state index contributed by atoms with van der Waals surface area (Å²) in [7, 11) is -3.56. The van der Waals surface area contributed by atoms with Crippen molar-refractivity contribution >= 4 is 54.6 Å². The molecule has 0 amide bonds. The lowest BCUT2D eigenvalue weighted by molar-refractivity contribution is 0.582. The number of halogens is 2. The monoisotopic (exact) mass is 380 g/mol. The number of hydrogen-bond acceptors (Lipinski definition) is 4. The van der Waals surface area contributed by atoms with Crippen LogP contribution in [0.2, 0.25) is 4.34 Å². The van der Waals surface area contributed by atoms with Gasteiger partial charge in [-0.15, -0.1) is 11.3 Å². The number of rotatable bonds is 4. The van der Waals surface area contributed by atoms with Crippen LogP contribution in [0.4, 0.5) is 5.69 Å². The van der Waals surface area contributed by atoms with Gasteiger partial charge in [-0.1, -0.05) is 11.6 Å². The molecule has 8 heteroatoms. The summed E-state index contributed by atoms with van der Waals surface area (Å²) in [5, 5.41) is 0. The number of benzene rings is 1. The Morgan fingerprint density at radius 1 is 1.32 bits per heavy atom. The fourth-order valence-corrected chi connectivity index (χ4v) is 4.05. The summed E-state index contributed by atoms with van der Waals surface area (Å²) in [5.41, 5.74) is 6.11. The highest BCUT2D eigenvalue weighted by Gasteiger charge is 2.15. The molecule has 0 aliphatic heterocycles. The number of hydrogen-bond donors (Lipinski definition) is 2. The van der Waals surface area contributed by atoms with Crippen LogP contribution in [0, 0.1) is 0 Å². The molecule has 2 rings (SSSR count). The minimum absolute atomic E-state index is 0.163. The molecule has 2 aromatic rings. The topological polar surface area (TPSA) is 72.2 Å². The number of anilines is 1. The van der Waals surface area contributed by atoms with E-state index in [2.05, 4.69) is 20.7 Å². The average Bonchev–Trinajstić information content (AvgIpc) is 2.76. The maximum Gasteiger partial charge on any atom is 0.240 e. The van der Waals surface area contributed by atoms with Crippen molar-refractivity contribution in [3.05, 3.63) is 44.0 Å². The second-order valence-electron chi connectivity index (χ2n) is 3.71. The van der Waals surface area contributed by atoms with Crippen LogP contribution in [0.3, 0.4) is 0 Å². The van der Waals surface area contributed by atoms with Crippen LogP contribution < -0.4 is 10.5 Å². The van der Waals surface area contributed by atoms with Gasteiger partial charge in [-0.3, -0.25) is 0 Å². The van der Waals surface area contributed by atoms with Gasteiger partial charge in [0.2, 0.25) is 10.0 Å². The van der Waals surface area contributed by atoms with Crippen molar-refractivity contribution in [2.45, 2.75) is 11.4 Å². The van der Waals surface area contributed by atoms with Crippen LogP contribution in [0.1, 0.15) is 4.88 Å². The normalized spacial score (nSPS) is 11.7. The lowest BCUT2D eigenvalue weighted by Gasteiger charge is -2.07. The molecular weight excluding hydrogens is 372 g/mol. The highest BCUT2D eigenvalue weighted by Crippen LogP contribution is 2.24. The van der Waals surface area contributed by atoms with Gasteiger partial charge in [0.05, 0.1) is 9.23 Å². The van der Waals surface area contributed by atoms with Crippen molar-refractivity contribution in [2.75, 3.05) is 5.73 Å². The molecule has 0 aliphatic carbocycles. The molecule has 0 unspecified atom stereocenters. The fourth-order valence-electron chi connectivity index (χ4n) is 1.37. The van der Waals surface area contributed by atoms with Gasteiger partial charge in [0.1, 0.15) is 0 Å². The average molecular weight is 382 g/mol. The van der Waals surface area contributed by atoms with E-state index in [4.69, 9.17) is 17.3 Å². The molecule has 0 atom stereocenters. The number of nitrogens with one attached hydrogen (secondary N) is 1. The van der Waals surface area contributed by atoms with Gasteiger partial charge in [-0.25, -0.2) is 13.1 Å². The van der Waals surface area contributed by atoms with E-state index in [1.54, 1.807) is 18.2 Å². The number of nitrogen functional groups attached to an aromatic ring is 1. The molecule has 0 fully saturated rings. The lowest BCUT2D eigenvalue weighted by atomic mass is 10.3. The molecule has 0 saturated carbocycles. The van der Waals surface area contributed by atoms with Crippen LogP contribution >= 0.6 is 38.9 Å².